The van der Waals surface area contributed by atoms with Crippen LogP contribution in [0.4, 0.5) is 0 Å². The highest BCUT2D eigenvalue weighted by Crippen LogP contribution is 2.22. The van der Waals surface area contributed by atoms with Gasteiger partial charge in [-0.3, -0.25) is 0 Å². The van der Waals surface area contributed by atoms with E-state index in [0.29, 0.717) is 6.04 Å². The lowest BCUT2D eigenvalue weighted by Gasteiger charge is -2.05. The molecule has 0 aliphatic heterocycles. The molecule has 2 aromatic heterocycles. The van der Waals surface area contributed by atoms with Crippen LogP contribution in [0.2, 0.25) is 0 Å². The Bertz CT molecular complexity index is 503. The van der Waals surface area contributed by atoms with Crippen LogP contribution < -0.4 is 5.32 Å². The summed E-state index contributed by atoms with van der Waals surface area (Å²) in [5.74, 6) is 0. The molecule has 0 aromatic carbocycles. The molecule has 2 aromatic rings. The van der Waals surface area contributed by atoms with Crippen LogP contribution in [0.5, 0.6) is 0 Å². The fourth-order valence-electron chi connectivity index (χ4n) is 1.93. The van der Waals surface area contributed by atoms with Crippen molar-refractivity contribution in [1.82, 2.24) is 5.32 Å². The highest BCUT2D eigenvalue weighted by Gasteiger charge is 2.06. The van der Waals surface area contributed by atoms with E-state index in [1.807, 2.05) is 11.3 Å². The maximum atomic E-state index is 5.81. The number of hydrogen-bond donors (Lipinski definition) is 1. The van der Waals surface area contributed by atoms with Gasteiger partial charge in [-0.05, 0) is 30.0 Å². The molecule has 0 fully saturated rings. The quantitative estimate of drug-likeness (QED) is 0.731. The molecule has 2 nitrogen and oxygen atoms in total. The molecular weight excluding hydrogens is 286 g/mol. The van der Waals surface area contributed by atoms with Crippen molar-refractivity contribution >= 4 is 22.7 Å². The Hall–Kier alpha value is -0.680. The van der Waals surface area contributed by atoms with Gasteiger partial charge in [0.2, 0.25) is 0 Å². The molecule has 0 saturated heterocycles. The number of thiophene rings is 2. The second kappa shape index (κ2) is 7.93. The van der Waals surface area contributed by atoms with Gasteiger partial charge >= 0.3 is 0 Å². The normalized spacial score (nSPS) is 11.4. The molecule has 0 bridgehead atoms. The van der Waals surface area contributed by atoms with Crippen LogP contribution in [0.25, 0.3) is 0 Å². The van der Waals surface area contributed by atoms with E-state index in [1.54, 1.807) is 11.3 Å². The average Bonchev–Trinajstić information content (AvgIpc) is 3.02. The predicted molar refractivity (Wildman–Crippen MR) is 88.7 cm³/mol. The molecule has 20 heavy (non-hydrogen) atoms. The first-order valence-electron chi connectivity index (χ1n) is 7.07. The minimum Gasteiger partial charge on any atom is -0.376 e. The Morgan fingerprint density at radius 2 is 2.15 bits per heavy atom. The Morgan fingerprint density at radius 3 is 2.85 bits per heavy atom. The zero-order chi connectivity index (χ0) is 14.4. The van der Waals surface area contributed by atoms with Crippen LogP contribution in [0.1, 0.15) is 34.0 Å². The summed E-state index contributed by atoms with van der Waals surface area (Å²) in [6, 6.07) is 7.07. The highest BCUT2D eigenvalue weighted by molar-refractivity contribution is 7.12. The molecule has 2 heterocycles. The SMILES string of the molecule is Cc1sc(CNC(C)C)cc1COCCc1cccs1. The third kappa shape index (κ3) is 5.02. The van der Waals surface area contributed by atoms with Crippen molar-refractivity contribution < 1.29 is 4.74 Å². The molecule has 4 heteroatoms. The number of aryl methyl sites for hydroxylation is 1. The molecule has 110 valence electrons. The second-order valence-corrected chi connectivity index (χ2v) is 7.58. The minimum atomic E-state index is 0.530. The molecule has 2 rings (SSSR count). The van der Waals surface area contributed by atoms with E-state index in [9.17, 15) is 0 Å². The summed E-state index contributed by atoms with van der Waals surface area (Å²) in [5, 5.41) is 5.58. The number of ether oxygens (including phenoxy) is 1. The summed E-state index contributed by atoms with van der Waals surface area (Å²) in [7, 11) is 0. The van der Waals surface area contributed by atoms with E-state index in [-0.39, 0.29) is 0 Å². The third-order valence-electron chi connectivity index (χ3n) is 3.09. The number of rotatable bonds is 8. The Balaban J connectivity index is 1.74. The Kier molecular flexibility index (Phi) is 6.23. The minimum absolute atomic E-state index is 0.530. The zero-order valence-corrected chi connectivity index (χ0v) is 14.1. The van der Waals surface area contributed by atoms with Crippen LogP contribution >= 0.6 is 22.7 Å². The molecule has 0 radical (unpaired) electrons. The summed E-state index contributed by atoms with van der Waals surface area (Å²) in [6.07, 6.45) is 1.02. The average molecular weight is 309 g/mol. The van der Waals surface area contributed by atoms with Crippen molar-refractivity contribution in [3.8, 4) is 0 Å². The molecule has 0 atom stereocenters. The van der Waals surface area contributed by atoms with Gasteiger partial charge in [0.05, 0.1) is 13.2 Å². The molecular formula is C16H23NOS2. The lowest BCUT2D eigenvalue weighted by atomic mass is 10.2. The van der Waals surface area contributed by atoms with Crippen molar-refractivity contribution in [3.05, 3.63) is 43.8 Å². The van der Waals surface area contributed by atoms with Crippen molar-refractivity contribution in [1.29, 1.82) is 0 Å². The predicted octanol–water partition coefficient (Wildman–Crippen LogP) is 4.38. The van der Waals surface area contributed by atoms with Crippen molar-refractivity contribution in [2.24, 2.45) is 0 Å². The van der Waals surface area contributed by atoms with Gasteiger partial charge in [-0.15, -0.1) is 22.7 Å². The molecule has 1 N–H and O–H groups in total. The van der Waals surface area contributed by atoms with Gasteiger partial charge in [-0.1, -0.05) is 19.9 Å². The summed E-state index contributed by atoms with van der Waals surface area (Å²) >= 11 is 3.67. The summed E-state index contributed by atoms with van der Waals surface area (Å²) in [6.45, 7) is 9.02. The van der Waals surface area contributed by atoms with Gasteiger partial charge in [0, 0.05) is 33.6 Å². The lowest BCUT2D eigenvalue weighted by molar-refractivity contribution is 0.124. The molecule has 0 spiro atoms. The van der Waals surface area contributed by atoms with E-state index in [4.69, 9.17) is 4.74 Å². The maximum Gasteiger partial charge on any atom is 0.0727 e. The van der Waals surface area contributed by atoms with Crippen LogP contribution in [0, 0.1) is 6.92 Å². The van der Waals surface area contributed by atoms with E-state index < -0.39 is 0 Å². The number of hydrogen-bond acceptors (Lipinski definition) is 4. The maximum absolute atomic E-state index is 5.81. The highest BCUT2D eigenvalue weighted by atomic mass is 32.1. The zero-order valence-electron chi connectivity index (χ0n) is 12.4. The molecule has 0 aliphatic carbocycles. The monoisotopic (exact) mass is 309 g/mol. The summed E-state index contributed by atoms with van der Waals surface area (Å²) in [5.41, 5.74) is 1.33. The van der Waals surface area contributed by atoms with E-state index in [2.05, 4.69) is 49.7 Å². The fourth-order valence-corrected chi connectivity index (χ4v) is 3.62. The van der Waals surface area contributed by atoms with Crippen LogP contribution in [0.3, 0.4) is 0 Å². The van der Waals surface area contributed by atoms with Crippen LogP contribution in [0.15, 0.2) is 23.6 Å². The third-order valence-corrected chi connectivity index (χ3v) is 5.12. The van der Waals surface area contributed by atoms with Gasteiger partial charge in [0.15, 0.2) is 0 Å². The van der Waals surface area contributed by atoms with Gasteiger partial charge in [-0.2, -0.15) is 0 Å². The smallest absolute Gasteiger partial charge is 0.0727 e. The Labute approximate surface area is 129 Å². The molecule has 0 aliphatic rings. The van der Waals surface area contributed by atoms with Gasteiger partial charge in [-0.25, -0.2) is 0 Å². The second-order valence-electron chi connectivity index (χ2n) is 5.21. The Morgan fingerprint density at radius 1 is 1.30 bits per heavy atom. The van der Waals surface area contributed by atoms with Crippen molar-refractivity contribution in [3.63, 3.8) is 0 Å². The van der Waals surface area contributed by atoms with Gasteiger partial charge in [0.25, 0.3) is 0 Å². The van der Waals surface area contributed by atoms with Crippen molar-refractivity contribution in [2.45, 2.75) is 46.4 Å². The molecule has 0 amide bonds. The largest absolute Gasteiger partial charge is 0.376 e. The summed E-state index contributed by atoms with van der Waals surface area (Å²) < 4.78 is 5.81. The topological polar surface area (TPSA) is 21.3 Å². The molecule has 0 unspecified atom stereocenters. The first-order chi connectivity index (χ1) is 9.65. The van der Waals surface area contributed by atoms with Gasteiger partial charge in [0.1, 0.15) is 0 Å². The first kappa shape index (κ1) is 15.7. The fraction of sp³-hybridized carbons (Fsp3) is 0.500. The standard InChI is InChI=1S/C16H23NOS2/c1-12(2)17-10-16-9-14(13(3)20-16)11-18-7-6-15-5-4-8-19-15/h4-5,8-9,12,17H,6-7,10-11H2,1-3H3. The van der Waals surface area contributed by atoms with Crippen LogP contribution in [-0.2, 0) is 24.3 Å². The first-order valence-corrected chi connectivity index (χ1v) is 8.76. The van der Waals surface area contributed by atoms with Crippen LogP contribution in [-0.4, -0.2) is 12.6 Å². The molecule has 0 saturated carbocycles. The number of nitrogens with one attached hydrogen (secondary N) is 1. The van der Waals surface area contributed by atoms with E-state index >= 15 is 0 Å². The van der Waals surface area contributed by atoms with Crippen molar-refractivity contribution in [2.75, 3.05) is 6.61 Å². The summed E-state index contributed by atoms with van der Waals surface area (Å²) in [4.78, 5) is 4.17. The van der Waals surface area contributed by atoms with E-state index in [1.165, 1.54) is 20.2 Å². The van der Waals surface area contributed by atoms with Gasteiger partial charge < -0.3 is 10.1 Å². The lowest BCUT2D eigenvalue weighted by Crippen LogP contribution is -2.21. The van der Waals surface area contributed by atoms with E-state index in [0.717, 1.165) is 26.2 Å².